The Kier molecular flexibility index (Phi) is 4.46. The molecule has 1 aromatic carbocycles. The Labute approximate surface area is 99.6 Å². The molecule has 3 nitrogen and oxygen atoms in total. The molecule has 0 saturated heterocycles. The van der Waals surface area contributed by atoms with Crippen LogP contribution in [0.5, 0.6) is 0 Å². The van der Waals surface area contributed by atoms with Crippen molar-refractivity contribution in [1.29, 1.82) is 0 Å². The van der Waals surface area contributed by atoms with E-state index in [1.54, 1.807) is 12.1 Å². The molecule has 0 unspecified atom stereocenters. The molecule has 0 aliphatic rings. The molecule has 4 heteroatoms. The van der Waals surface area contributed by atoms with Gasteiger partial charge in [0.25, 0.3) is 5.91 Å². The van der Waals surface area contributed by atoms with Gasteiger partial charge in [-0.1, -0.05) is 25.3 Å². The van der Waals surface area contributed by atoms with Gasteiger partial charge in [0.2, 0.25) is 0 Å². The van der Waals surface area contributed by atoms with Crippen LogP contribution in [0.25, 0.3) is 0 Å². The number of benzene rings is 1. The molecule has 90 valence electrons. The molecule has 0 aromatic heterocycles. The number of carbonyl (C=O) groups excluding carboxylic acids is 1. The first-order valence-electron chi connectivity index (χ1n) is 4.99. The van der Waals surface area contributed by atoms with Crippen molar-refractivity contribution in [3.8, 4) is 0 Å². The second-order valence-electron chi connectivity index (χ2n) is 3.41. The van der Waals surface area contributed by atoms with E-state index in [4.69, 9.17) is 4.74 Å². The Morgan fingerprint density at radius 3 is 2.47 bits per heavy atom. The number of ether oxygens (including phenoxy) is 1. The second kappa shape index (κ2) is 5.84. The summed E-state index contributed by atoms with van der Waals surface area (Å²) in [7, 11) is 1.42. The summed E-state index contributed by atoms with van der Waals surface area (Å²) < 4.78 is 17.4. The normalized spacial score (nSPS) is 9.53. The van der Waals surface area contributed by atoms with Crippen LogP contribution in [0.15, 0.2) is 48.8 Å². The Hall–Kier alpha value is -2.10. The van der Waals surface area contributed by atoms with Crippen LogP contribution in [-0.4, -0.2) is 13.0 Å². The zero-order chi connectivity index (χ0) is 12.8. The fourth-order valence-corrected chi connectivity index (χ4v) is 1.14. The van der Waals surface area contributed by atoms with Gasteiger partial charge in [0.05, 0.1) is 12.7 Å². The van der Waals surface area contributed by atoms with E-state index in [9.17, 15) is 9.18 Å². The van der Waals surface area contributed by atoms with E-state index >= 15 is 0 Å². The minimum atomic E-state index is -0.360. The number of hydrogen-bond donors (Lipinski definition) is 1. The second-order valence-corrected chi connectivity index (χ2v) is 3.41. The van der Waals surface area contributed by atoms with Crippen molar-refractivity contribution in [2.75, 3.05) is 7.11 Å². The fraction of sp³-hybridized carbons (Fsp3) is 0.154. The number of methoxy groups -OCH3 is 1. The number of nitrogens with one attached hydrogen (secondary N) is 1. The third-order valence-corrected chi connectivity index (χ3v) is 2.22. The third-order valence-electron chi connectivity index (χ3n) is 2.22. The largest absolute Gasteiger partial charge is 0.497 e. The summed E-state index contributed by atoms with van der Waals surface area (Å²) in [5.41, 5.74) is 0.977. The monoisotopic (exact) mass is 235 g/mol. The first-order chi connectivity index (χ1) is 8.04. The summed E-state index contributed by atoms with van der Waals surface area (Å²) in [6, 6.07) is 5.88. The highest BCUT2D eigenvalue weighted by atomic mass is 19.1. The van der Waals surface area contributed by atoms with Gasteiger partial charge < -0.3 is 10.1 Å². The lowest BCUT2D eigenvalue weighted by Crippen LogP contribution is -2.25. The molecule has 0 aliphatic carbocycles. The molecule has 0 bridgehead atoms. The Morgan fingerprint density at radius 1 is 1.35 bits per heavy atom. The minimum absolute atomic E-state index is 0.176. The van der Waals surface area contributed by atoms with Gasteiger partial charge >= 0.3 is 0 Å². The Balaban J connectivity index is 2.51. The number of halogens is 1. The van der Waals surface area contributed by atoms with Crippen LogP contribution in [0.2, 0.25) is 0 Å². The van der Waals surface area contributed by atoms with Crippen molar-refractivity contribution >= 4 is 5.91 Å². The maximum atomic E-state index is 12.6. The standard InChI is InChI=1S/C13H14FNO2/c1-9(10(2)17-3)13(16)15-8-11-4-6-12(14)7-5-11/h4-7H,1-2,8H2,3H3,(H,15,16). The van der Waals surface area contributed by atoms with Crippen LogP contribution >= 0.6 is 0 Å². The van der Waals surface area contributed by atoms with E-state index in [-0.39, 0.29) is 23.1 Å². The molecule has 0 aliphatic heterocycles. The predicted molar refractivity (Wildman–Crippen MR) is 63.5 cm³/mol. The van der Waals surface area contributed by atoms with Crippen LogP contribution in [0, 0.1) is 5.82 Å². The van der Waals surface area contributed by atoms with E-state index in [0.717, 1.165) is 5.56 Å². The highest BCUT2D eigenvalue weighted by Gasteiger charge is 2.10. The van der Waals surface area contributed by atoms with Crippen molar-refractivity contribution < 1.29 is 13.9 Å². The quantitative estimate of drug-likeness (QED) is 0.482. The summed E-state index contributed by atoms with van der Waals surface area (Å²) in [6.07, 6.45) is 0. The summed E-state index contributed by atoms with van der Waals surface area (Å²) in [5.74, 6) is -0.444. The van der Waals surface area contributed by atoms with Crippen LogP contribution in [0.3, 0.4) is 0 Å². The molecule has 0 radical (unpaired) electrons. The van der Waals surface area contributed by atoms with E-state index in [1.807, 2.05) is 0 Å². The molecule has 0 heterocycles. The lowest BCUT2D eigenvalue weighted by Gasteiger charge is -2.09. The van der Waals surface area contributed by atoms with Crippen LogP contribution in [-0.2, 0) is 16.1 Å². The average Bonchev–Trinajstić information content (AvgIpc) is 2.35. The number of rotatable bonds is 5. The molecule has 1 N–H and O–H groups in total. The van der Waals surface area contributed by atoms with Gasteiger partial charge in [0.1, 0.15) is 11.6 Å². The van der Waals surface area contributed by atoms with Crippen molar-refractivity contribution in [1.82, 2.24) is 5.32 Å². The zero-order valence-electron chi connectivity index (χ0n) is 9.63. The predicted octanol–water partition coefficient (Wildman–Crippen LogP) is 2.16. The Bertz CT molecular complexity index is 437. The molecule has 1 amide bonds. The number of amides is 1. The lowest BCUT2D eigenvalue weighted by atomic mass is 10.2. The van der Waals surface area contributed by atoms with Crippen molar-refractivity contribution in [2.45, 2.75) is 6.54 Å². The summed E-state index contributed by atoms with van der Waals surface area (Å²) in [5, 5.41) is 2.63. The summed E-state index contributed by atoms with van der Waals surface area (Å²) in [4.78, 5) is 11.6. The highest BCUT2D eigenvalue weighted by Crippen LogP contribution is 2.06. The van der Waals surface area contributed by atoms with Crippen LogP contribution in [0.1, 0.15) is 5.56 Å². The molecule has 1 rings (SSSR count). The average molecular weight is 235 g/mol. The van der Waals surface area contributed by atoms with E-state index in [0.29, 0.717) is 6.54 Å². The SMILES string of the molecule is C=C(OC)C(=C)C(=O)NCc1ccc(F)cc1. The smallest absolute Gasteiger partial charge is 0.254 e. The van der Waals surface area contributed by atoms with Gasteiger partial charge in [-0.3, -0.25) is 4.79 Å². The van der Waals surface area contributed by atoms with Crippen molar-refractivity contribution in [3.05, 3.63) is 60.1 Å². The molecule has 0 fully saturated rings. The van der Waals surface area contributed by atoms with Crippen LogP contribution in [0.4, 0.5) is 4.39 Å². The van der Waals surface area contributed by atoms with Gasteiger partial charge in [-0.05, 0) is 17.7 Å². The van der Waals surface area contributed by atoms with E-state index < -0.39 is 0 Å². The molecule has 0 spiro atoms. The molecular weight excluding hydrogens is 221 g/mol. The summed E-state index contributed by atoms with van der Waals surface area (Å²) >= 11 is 0. The van der Waals surface area contributed by atoms with Crippen LogP contribution < -0.4 is 5.32 Å². The lowest BCUT2D eigenvalue weighted by molar-refractivity contribution is -0.117. The molecule has 0 saturated carbocycles. The van der Waals surface area contributed by atoms with Gasteiger partial charge in [-0.15, -0.1) is 0 Å². The zero-order valence-corrected chi connectivity index (χ0v) is 9.63. The van der Waals surface area contributed by atoms with Gasteiger partial charge in [-0.2, -0.15) is 0 Å². The number of hydrogen-bond acceptors (Lipinski definition) is 2. The van der Waals surface area contributed by atoms with E-state index in [1.165, 1.54) is 19.2 Å². The molecular formula is C13H14FNO2. The molecule has 17 heavy (non-hydrogen) atoms. The fourth-order valence-electron chi connectivity index (χ4n) is 1.14. The topological polar surface area (TPSA) is 38.3 Å². The summed E-state index contributed by atoms with van der Waals surface area (Å²) in [6.45, 7) is 7.38. The van der Waals surface area contributed by atoms with Gasteiger partial charge in [0.15, 0.2) is 0 Å². The maximum Gasteiger partial charge on any atom is 0.254 e. The third kappa shape index (κ3) is 3.75. The highest BCUT2D eigenvalue weighted by molar-refractivity contribution is 5.96. The van der Waals surface area contributed by atoms with Crippen molar-refractivity contribution in [2.24, 2.45) is 0 Å². The first kappa shape index (κ1) is 13.0. The minimum Gasteiger partial charge on any atom is -0.497 e. The van der Waals surface area contributed by atoms with Gasteiger partial charge in [-0.25, -0.2) is 4.39 Å². The maximum absolute atomic E-state index is 12.6. The van der Waals surface area contributed by atoms with Crippen molar-refractivity contribution in [3.63, 3.8) is 0 Å². The van der Waals surface area contributed by atoms with Gasteiger partial charge in [0, 0.05) is 6.54 Å². The number of carbonyl (C=O) groups is 1. The Morgan fingerprint density at radius 2 is 1.94 bits per heavy atom. The molecule has 0 atom stereocenters. The molecule has 1 aromatic rings. The first-order valence-corrected chi connectivity index (χ1v) is 4.99. The van der Waals surface area contributed by atoms with E-state index in [2.05, 4.69) is 18.5 Å².